The molecule has 0 spiro atoms. The van der Waals surface area contributed by atoms with Crippen LogP contribution in [0.3, 0.4) is 0 Å². The Morgan fingerprint density at radius 2 is 1.24 bits per heavy atom. The first-order chi connectivity index (χ1) is 17.9. The molecule has 4 amide bonds. The van der Waals surface area contributed by atoms with Crippen molar-refractivity contribution < 1.29 is 19.2 Å². The molecule has 6 nitrogen and oxygen atoms in total. The third-order valence-electron chi connectivity index (χ3n) is 7.98. The minimum absolute atomic E-state index is 0.190. The topological polar surface area (TPSA) is 74.8 Å². The normalized spacial score (nSPS) is 26.8. The summed E-state index contributed by atoms with van der Waals surface area (Å²) in [5.74, 6) is -1.83. The summed E-state index contributed by atoms with van der Waals surface area (Å²) in [6.07, 6.45) is 9.31. The number of amides is 4. The number of benzene rings is 2. The fourth-order valence-corrected chi connectivity index (χ4v) is 6.01. The van der Waals surface area contributed by atoms with E-state index in [1.54, 1.807) is 30.3 Å². The lowest BCUT2D eigenvalue weighted by molar-refractivity contribution is -0.123. The van der Waals surface area contributed by atoms with Crippen molar-refractivity contribution in [1.29, 1.82) is 0 Å². The summed E-state index contributed by atoms with van der Waals surface area (Å²) in [4.78, 5) is 55.6. The van der Waals surface area contributed by atoms with Crippen LogP contribution in [0.5, 0.6) is 0 Å². The van der Waals surface area contributed by atoms with Crippen molar-refractivity contribution in [2.75, 3.05) is 9.80 Å². The van der Waals surface area contributed by atoms with Gasteiger partial charge in [0.2, 0.25) is 11.8 Å². The van der Waals surface area contributed by atoms with E-state index in [9.17, 15) is 19.2 Å². The molecule has 0 radical (unpaired) electrons. The third kappa shape index (κ3) is 3.88. The Balaban J connectivity index is 1.27. The zero-order chi connectivity index (χ0) is 25.7. The van der Waals surface area contributed by atoms with E-state index in [4.69, 9.17) is 0 Å². The van der Waals surface area contributed by atoms with Crippen LogP contribution in [0.25, 0.3) is 0 Å². The Hall–Kier alpha value is -4.06. The van der Waals surface area contributed by atoms with Gasteiger partial charge in [-0.05, 0) is 80.0 Å². The van der Waals surface area contributed by atoms with E-state index in [0.29, 0.717) is 35.4 Å². The Morgan fingerprint density at radius 3 is 1.86 bits per heavy atom. The summed E-state index contributed by atoms with van der Waals surface area (Å²) in [6, 6.07) is 14.5. The van der Waals surface area contributed by atoms with E-state index < -0.39 is 0 Å². The summed E-state index contributed by atoms with van der Waals surface area (Å²) in [7, 11) is 0. The van der Waals surface area contributed by atoms with Gasteiger partial charge in [0.15, 0.2) is 0 Å². The van der Waals surface area contributed by atoms with E-state index in [1.165, 1.54) is 9.80 Å². The van der Waals surface area contributed by atoms with Crippen LogP contribution in [-0.4, -0.2) is 23.6 Å². The molecule has 0 saturated carbocycles. The molecule has 2 aliphatic heterocycles. The second-order valence-electron chi connectivity index (χ2n) is 10.3. The van der Waals surface area contributed by atoms with Crippen molar-refractivity contribution in [1.82, 2.24) is 0 Å². The number of allylic oxidation sites excluding steroid dienone is 3. The number of anilines is 2. The lowest BCUT2D eigenvalue weighted by atomic mass is 9.77. The number of imide groups is 2. The van der Waals surface area contributed by atoms with Gasteiger partial charge >= 0.3 is 0 Å². The van der Waals surface area contributed by atoms with Gasteiger partial charge in [0.1, 0.15) is 0 Å². The zero-order valence-corrected chi connectivity index (χ0v) is 20.6. The molecule has 2 atom stereocenters. The maximum absolute atomic E-state index is 13.3. The highest BCUT2D eigenvalue weighted by Gasteiger charge is 2.50. The molecule has 2 aromatic carbocycles. The van der Waals surface area contributed by atoms with Crippen LogP contribution in [0.2, 0.25) is 0 Å². The van der Waals surface area contributed by atoms with Crippen molar-refractivity contribution in [3.8, 4) is 0 Å². The largest absolute Gasteiger partial charge is 0.274 e. The van der Waals surface area contributed by atoms with Gasteiger partial charge in [0.05, 0.1) is 28.8 Å². The van der Waals surface area contributed by atoms with Gasteiger partial charge in [-0.1, -0.05) is 48.9 Å². The first-order valence-electron chi connectivity index (χ1n) is 13.0. The first-order valence-corrected chi connectivity index (χ1v) is 13.0. The average Bonchev–Trinajstić information content (AvgIpc) is 3.28. The van der Waals surface area contributed by atoms with Crippen molar-refractivity contribution in [3.63, 3.8) is 0 Å². The highest BCUT2D eigenvalue weighted by atomic mass is 16.2. The number of nitrogens with zero attached hydrogens (tertiary/aromatic N) is 2. The van der Waals surface area contributed by atoms with Crippen LogP contribution in [0.1, 0.15) is 43.2 Å². The standard InChI is InChI=1S/C31H28N2O4/c1-19-8-4-2-3-5-11-24-25(16-19)29(35)32(28(24)34)22-12-14-23(15-13-22)33-30(36)26-17-20-9-6-7-10-21(20)18-27(26)31(33)37/h6-7,9-16,26-27H,1-5,8,17-18H2/b24-11+,25-16+. The lowest BCUT2D eigenvalue weighted by Gasteiger charge is -2.23. The molecule has 2 unspecified atom stereocenters. The van der Waals surface area contributed by atoms with Crippen LogP contribution in [0.15, 0.2) is 84.0 Å². The molecule has 2 aromatic rings. The quantitative estimate of drug-likeness (QED) is 0.563. The molecular formula is C31H28N2O4. The van der Waals surface area contributed by atoms with Crippen LogP contribution in [0.4, 0.5) is 11.4 Å². The molecule has 0 aromatic heterocycles. The molecule has 6 heteroatoms. The molecule has 37 heavy (non-hydrogen) atoms. The smallest absolute Gasteiger partial charge is 0.266 e. The number of rotatable bonds is 2. The minimum atomic E-state index is -0.372. The van der Waals surface area contributed by atoms with Gasteiger partial charge in [0.25, 0.3) is 11.8 Å². The van der Waals surface area contributed by atoms with Crippen molar-refractivity contribution in [2.24, 2.45) is 11.8 Å². The zero-order valence-electron chi connectivity index (χ0n) is 20.6. The average molecular weight is 493 g/mol. The Labute approximate surface area is 215 Å². The van der Waals surface area contributed by atoms with Crippen molar-refractivity contribution >= 4 is 35.0 Å². The Kier molecular flexibility index (Phi) is 5.75. The fraction of sp³-hybridized carbons (Fsp3) is 0.290. The summed E-state index contributed by atoms with van der Waals surface area (Å²) >= 11 is 0. The fourth-order valence-electron chi connectivity index (χ4n) is 6.01. The molecule has 2 fully saturated rings. The molecule has 2 aliphatic carbocycles. The number of hydrogen-bond donors (Lipinski definition) is 0. The number of carbonyl (C=O) groups is 4. The summed E-state index contributed by atoms with van der Waals surface area (Å²) in [5.41, 5.74) is 4.77. The van der Waals surface area contributed by atoms with Gasteiger partial charge in [-0.25, -0.2) is 4.90 Å². The van der Waals surface area contributed by atoms with Crippen LogP contribution in [0, 0.1) is 11.8 Å². The number of hydrogen-bond acceptors (Lipinski definition) is 4. The SMILES string of the molecule is C=C1/C=C2/C(=O)N(c3ccc(N4C(=O)C5Cc6ccccc6CC5C4=O)cc3)C(=O)/C2=C/CCCCC1. The van der Waals surface area contributed by atoms with Gasteiger partial charge in [0, 0.05) is 5.57 Å². The van der Waals surface area contributed by atoms with Gasteiger partial charge in [-0.15, -0.1) is 0 Å². The molecular weight excluding hydrogens is 464 g/mol. The van der Waals surface area contributed by atoms with E-state index >= 15 is 0 Å². The van der Waals surface area contributed by atoms with Gasteiger partial charge < -0.3 is 0 Å². The van der Waals surface area contributed by atoms with Crippen LogP contribution in [-0.2, 0) is 32.0 Å². The first kappa shape index (κ1) is 23.3. The molecule has 2 saturated heterocycles. The number of fused-ring (bicyclic) bond motifs is 3. The minimum Gasteiger partial charge on any atom is -0.274 e. The lowest BCUT2D eigenvalue weighted by Crippen LogP contribution is -2.31. The van der Waals surface area contributed by atoms with Crippen molar-refractivity contribution in [2.45, 2.75) is 44.9 Å². The molecule has 2 heterocycles. The van der Waals surface area contributed by atoms with Crippen molar-refractivity contribution in [3.05, 3.63) is 95.1 Å². The molecule has 186 valence electrons. The Bertz CT molecular complexity index is 1370. The second-order valence-corrected chi connectivity index (χ2v) is 10.3. The molecule has 0 N–H and O–H groups in total. The highest BCUT2D eigenvalue weighted by molar-refractivity contribution is 6.37. The van der Waals surface area contributed by atoms with E-state index in [2.05, 4.69) is 6.58 Å². The van der Waals surface area contributed by atoms with Gasteiger partial charge in [-0.2, -0.15) is 0 Å². The molecule has 0 bridgehead atoms. The predicted octanol–water partition coefficient (Wildman–Crippen LogP) is 4.84. The van der Waals surface area contributed by atoms with Crippen LogP contribution >= 0.6 is 0 Å². The summed E-state index contributed by atoms with van der Waals surface area (Å²) in [5, 5.41) is 0. The predicted molar refractivity (Wildman–Crippen MR) is 141 cm³/mol. The van der Waals surface area contributed by atoms with E-state index in [-0.39, 0.29) is 35.5 Å². The molecule has 4 aliphatic rings. The number of carbonyl (C=O) groups excluding carboxylic acids is 4. The van der Waals surface area contributed by atoms with Gasteiger partial charge in [-0.3, -0.25) is 24.1 Å². The molecule has 6 rings (SSSR count). The maximum Gasteiger partial charge on any atom is 0.266 e. The van der Waals surface area contributed by atoms with Crippen LogP contribution < -0.4 is 9.80 Å². The third-order valence-corrected chi connectivity index (χ3v) is 7.98. The Morgan fingerprint density at radius 1 is 0.676 bits per heavy atom. The summed E-state index contributed by atoms with van der Waals surface area (Å²) < 4.78 is 0. The van der Waals surface area contributed by atoms with E-state index in [1.807, 2.05) is 30.3 Å². The second kappa shape index (κ2) is 9.11. The van der Waals surface area contributed by atoms with E-state index in [0.717, 1.165) is 48.8 Å². The highest BCUT2D eigenvalue weighted by Crippen LogP contribution is 2.40. The monoisotopic (exact) mass is 492 g/mol. The summed E-state index contributed by atoms with van der Waals surface area (Å²) in [6.45, 7) is 4.06. The maximum atomic E-state index is 13.3.